The third kappa shape index (κ3) is 3.51. The van der Waals surface area contributed by atoms with Crippen molar-refractivity contribution in [2.75, 3.05) is 6.61 Å². The van der Waals surface area contributed by atoms with Crippen molar-refractivity contribution >= 4 is 5.97 Å². The molecule has 5 heteroatoms. The molecule has 0 heterocycles. The number of benzene rings is 2. The van der Waals surface area contributed by atoms with Crippen molar-refractivity contribution in [2.45, 2.75) is 57.7 Å². The van der Waals surface area contributed by atoms with E-state index in [0.717, 1.165) is 35.1 Å². The van der Waals surface area contributed by atoms with Gasteiger partial charge >= 0.3 is 5.97 Å². The molecule has 0 atom stereocenters. The Morgan fingerprint density at radius 2 is 1.96 bits per heavy atom. The molecule has 148 valence electrons. The highest BCUT2D eigenvalue weighted by atomic mass is 19.1. The number of ether oxygens (including phenoxy) is 2. The summed E-state index contributed by atoms with van der Waals surface area (Å²) >= 11 is 0. The van der Waals surface area contributed by atoms with Gasteiger partial charge < -0.3 is 14.6 Å². The fourth-order valence-corrected chi connectivity index (χ4v) is 3.66. The molecule has 2 aromatic rings. The van der Waals surface area contributed by atoms with Crippen LogP contribution in [0.4, 0.5) is 4.39 Å². The SMILES string of the molecule is CCOc1cc(C)cc(-c2ccc(C3(C(=O)O)CC3)cc2COC2CC2)c1F. The zero-order chi connectivity index (χ0) is 19.9. The summed E-state index contributed by atoms with van der Waals surface area (Å²) < 4.78 is 26.5. The molecule has 1 N–H and O–H groups in total. The molecule has 2 aliphatic rings. The van der Waals surface area contributed by atoms with Gasteiger partial charge in [-0.1, -0.05) is 18.2 Å². The number of hydrogen-bond donors (Lipinski definition) is 1. The number of aliphatic carboxylic acids is 1. The molecule has 0 amide bonds. The van der Waals surface area contributed by atoms with Gasteiger partial charge in [0, 0.05) is 5.56 Å². The second kappa shape index (κ2) is 7.21. The highest BCUT2D eigenvalue weighted by molar-refractivity contribution is 5.85. The van der Waals surface area contributed by atoms with Crippen LogP contribution in [0.15, 0.2) is 30.3 Å². The molecular formula is C23H25FO4. The number of halogens is 1. The second-order valence-electron chi connectivity index (χ2n) is 7.83. The Kier molecular flexibility index (Phi) is 4.88. The van der Waals surface area contributed by atoms with E-state index in [1.807, 2.05) is 32.0 Å². The van der Waals surface area contributed by atoms with E-state index in [4.69, 9.17) is 9.47 Å². The summed E-state index contributed by atoms with van der Waals surface area (Å²) in [6.07, 6.45) is 3.62. The molecule has 28 heavy (non-hydrogen) atoms. The van der Waals surface area contributed by atoms with Crippen molar-refractivity contribution in [3.05, 3.63) is 52.8 Å². The highest BCUT2D eigenvalue weighted by Crippen LogP contribution is 2.49. The second-order valence-corrected chi connectivity index (χ2v) is 7.83. The zero-order valence-electron chi connectivity index (χ0n) is 16.3. The van der Waals surface area contributed by atoms with Crippen LogP contribution in [0.25, 0.3) is 11.1 Å². The van der Waals surface area contributed by atoms with Crippen LogP contribution in [-0.2, 0) is 21.6 Å². The summed E-state index contributed by atoms with van der Waals surface area (Å²) in [5.41, 5.74) is 2.90. The van der Waals surface area contributed by atoms with Gasteiger partial charge in [0.15, 0.2) is 11.6 Å². The van der Waals surface area contributed by atoms with Crippen LogP contribution in [0.5, 0.6) is 5.75 Å². The molecule has 2 aliphatic carbocycles. The Hall–Kier alpha value is -2.40. The first kappa shape index (κ1) is 18.9. The average Bonchev–Trinajstić information content (AvgIpc) is 3.56. The molecule has 0 aromatic heterocycles. The van der Waals surface area contributed by atoms with Crippen molar-refractivity contribution in [3.8, 4) is 16.9 Å². The maximum atomic E-state index is 15.1. The zero-order valence-corrected chi connectivity index (χ0v) is 16.3. The van der Waals surface area contributed by atoms with Gasteiger partial charge in [-0.2, -0.15) is 0 Å². The molecule has 0 saturated heterocycles. The molecule has 0 spiro atoms. The summed E-state index contributed by atoms with van der Waals surface area (Å²) in [7, 11) is 0. The average molecular weight is 384 g/mol. The van der Waals surface area contributed by atoms with E-state index < -0.39 is 17.2 Å². The van der Waals surface area contributed by atoms with Crippen LogP contribution >= 0.6 is 0 Å². The Labute approximate surface area is 164 Å². The molecule has 4 nitrogen and oxygen atoms in total. The van der Waals surface area contributed by atoms with E-state index >= 15 is 4.39 Å². The largest absolute Gasteiger partial charge is 0.491 e. The Morgan fingerprint density at radius 1 is 1.21 bits per heavy atom. The van der Waals surface area contributed by atoms with Gasteiger partial charge in [0.1, 0.15) is 0 Å². The lowest BCUT2D eigenvalue weighted by Crippen LogP contribution is -2.19. The molecular weight excluding hydrogens is 359 g/mol. The smallest absolute Gasteiger partial charge is 0.314 e. The van der Waals surface area contributed by atoms with Crippen LogP contribution in [-0.4, -0.2) is 23.8 Å². The van der Waals surface area contributed by atoms with Crippen molar-refractivity contribution in [2.24, 2.45) is 0 Å². The predicted molar refractivity (Wildman–Crippen MR) is 104 cm³/mol. The normalized spacial score (nSPS) is 17.4. The summed E-state index contributed by atoms with van der Waals surface area (Å²) in [5, 5.41) is 9.63. The first-order valence-corrected chi connectivity index (χ1v) is 9.86. The van der Waals surface area contributed by atoms with Gasteiger partial charge in [-0.3, -0.25) is 4.79 Å². The lowest BCUT2D eigenvalue weighted by molar-refractivity contribution is -0.140. The fourth-order valence-electron chi connectivity index (χ4n) is 3.66. The Balaban J connectivity index is 1.78. The third-order valence-corrected chi connectivity index (χ3v) is 5.59. The van der Waals surface area contributed by atoms with E-state index in [-0.39, 0.29) is 11.9 Å². The molecule has 2 saturated carbocycles. The summed E-state index contributed by atoms with van der Waals surface area (Å²) in [5.74, 6) is -0.957. The van der Waals surface area contributed by atoms with Crippen molar-refractivity contribution in [3.63, 3.8) is 0 Å². The minimum Gasteiger partial charge on any atom is -0.491 e. The maximum absolute atomic E-state index is 15.1. The van der Waals surface area contributed by atoms with Crippen LogP contribution in [0.3, 0.4) is 0 Å². The van der Waals surface area contributed by atoms with Crippen LogP contribution in [0.2, 0.25) is 0 Å². The first-order valence-electron chi connectivity index (χ1n) is 9.86. The Morgan fingerprint density at radius 3 is 2.57 bits per heavy atom. The molecule has 0 unspecified atom stereocenters. The minimum absolute atomic E-state index is 0.236. The topological polar surface area (TPSA) is 55.8 Å². The van der Waals surface area contributed by atoms with Crippen molar-refractivity contribution in [1.29, 1.82) is 0 Å². The molecule has 0 bridgehead atoms. The quantitative estimate of drug-likeness (QED) is 0.696. The summed E-state index contributed by atoms with van der Waals surface area (Å²) in [4.78, 5) is 11.7. The predicted octanol–water partition coefficient (Wildman–Crippen LogP) is 5.00. The van der Waals surface area contributed by atoms with Gasteiger partial charge in [-0.15, -0.1) is 0 Å². The molecule has 0 radical (unpaired) electrons. The van der Waals surface area contributed by atoms with E-state index in [1.165, 1.54) is 0 Å². The van der Waals surface area contributed by atoms with Crippen LogP contribution in [0, 0.1) is 12.7 Å². The molecule has 2 aromatic carbocycles. The van der Waals surface area contributed by atoms with Gasteiger partial charge in [-0.05, 0) is 73.9 Å². The summed E-state index contributed by atoms with van der Waals surface area (Å²) in [6, 6.07) is 9.04. The number of rotatable bonds is 8. The molecule has 2 fully saturated rings. The van der Waals surface area contributed by atoms with Gasteiger partial charge in [0.05, 0.1) is 24.7 Å². The lowest BCUT2D eigenvalue weighted by Gasteiger charge is -2.18. The number of hydrogen-bond acceptors (Lipinski definition) is 3. The molecule has 4 rings (SSSR count). The van der Waals surface area contributed by atoms with Gasteiger partial charge in [0.25, 0.3) is 0 Å². The highest BCUT2D eigenvalue weighted by Gasteiger charge is 2.51. The lowest BCUT2D eigenvalue weighted by atomic mass is 9.90. The Bertz CT molecular complexity index is 913. The molecule has 0 aliphatic heterocycles. The van der Waals surface area contributed by atoms with Crippen LogP contribution in [0.1, 0.15) is 49.3 Å². The number of carboxylic acid groups (broad SMARTS) is 1. The van der Waals surface area contributed by atoms with E-state index in [9.17, 15) is 9.90 Å². The van der Waals surface area contributed by atoms with Gasteiger partial charge in [0.2, 0.25) is 0 Å². The van der Waals surface area contributed by atoms with Crippen molar-refractivity contribution in [1.82, 2.24) is 0 Å². The number of carbonyl (C=O) groups is 1. The maximum Gasteiger partial charge on any atom is 0.314 e. The first-order chi connectivity index (χ1) is 13.4. The summed E-state index contributed by atoms with van der Waals surface area (Å²) in [6.45, 7) is 4.47. The third-order valence-electron chi connectivity index (χ3n) is 5.59. The standard InChI is InChI=1S/C23H25FO4/c1-3-27-20-11-14(2)10-19(21(20)24)18-7-4-16(23(8-9-23)22(25)26)12-15(18)13-28-17-5-6-17/h4,7,10-12,17H,3,5-6,8-9,13H2,1-2H3,(H,25,26). The number of carboxylic acids is 1. The van der Waals surface area contributed by atoms with E-state index in [2.05, 4.69) is 0 Å². The van der Waals surface area contributed by atoms with Crippen molar-refractivity contribution < 1.29 is 23.8 Å². The van der Waals surface area contributed by atoms with E-state index in [1.54, 1.807) is 12.1 Å². The monoisotopic (exact) mass is 384 g/mol. The number of aryl methyl sites for hydroxylation is 1. The van der Waals surface area contributed by atoms with Gasteiger partial charge in [-0.25, -0.2) is 4.39 Å². The van der Waals surface area contributed by atoms with E-state index in [0.29, 0.717) is 31.6 Å². The minimum atomic E-state index is -0.797. The fraction of sp³-hybridized carbons (Fsp3) is 0.435. The van der Waals surface area contributed by atoms with Crippen LogP contribution < -0.4 is 4.74 Å².